The minimum Gasteiger partial charge on any atom is -0.457 e. The summed E-state index contributed by atoms with van der Waals surface area (Å²) in [6, 6.07) is 21.4. The second-order valence-electron chi connectivity index (χ2n) is 5.52. The van der Waals surface area contributed by atoms with E-state index < -0.39 is 5.91 Å². The number of benzene rings is 2. The molecule has 0 aliphatic rings. The fourth-order valence-corrected chi connectivity index (χ4v) is 2.58. The van der Waals surface area contributed by atoms with E-state index in [0.717, 1.165) is 10.0 Å². The zero-order valence-corrected chi connectivity index (χ0v) is 15.5. The first-order chi connectivity index (χ1) is 13.1. The lowest BCUT2D eigenvalue weighted by atomic mass is 10.1. The number of hydrogen-bond donors (Lipinski definition) is 1. The number of hydrogen-bond acceptors (Lipinski definition) is 4. The summed E-state index contributed by atoms with van der Waals surface area (Å²) >= 11 is 3.32. The molecule has 0 bridgehead atoms. The average molecular weight is 418 g/mol. The van der Waals surface area contributed by atoms with Crippen LogP contribution in [0.2, 0.25) is 0 Å². The van der Waals surface area contributed by atoms with Crippen molar-refractivity contribution in [1.82, 2.24) is 0 Å². The molecule has 1 N–H and O–H groups in total. The van der Waals surface area contributed by atoms with Gasteiger partial charge in [-0.05, 0) is 60.7 Å². The normalized spacial score (nSPS) is 10.7. The molecule has 0 fully saturated rings. The van der Waals surface area contributed by atoms with Crippen LogP contribution >= 0.6 is 15.9 Å². The second-order valence-corrected chi connectivity index (χ2v) is 6.44. The number of carbonyl (C=O) groups excluding carboxylic acids is 1. The maximum Gasteiger partial charge on any atom is 0.266 e. The predicted octanol–water partition coefficient (Wildman–Crippen LogP) is 5.13. The smallest absolute Gasteiger partial charge is 0.266 e. The molecular weight excluding hydrogens is 406 g/mol. The number of nitriles is 2. The third-order valence-electron chi connectivity index (χ3n) is 3.68. The van der Waals surface area contributed by atoms with E-state index in [2.05, 4.69) is 27.3 Å². The molecule has 3 rings (SSSR count). The number of nitrogens with zero attached hydrogens (tertiary/aromatic N) is 2. The van der Waals surface area contributed by atoms with Crippen LogP contribution in [0.3, 0.4) is 0 Å². The summed E-state index contributed by atoms with van der Waals surface area (Å²) in [5.41, 5.74) is 1.87. The van der Waals surface area contributed by atoms with Gasteiger partial charge in [-0.15, -0.1) is 0 Å². The highest BCUT2D eigenvalue weighted by Gasteiger charge is 2.11. The van der Waals surface area contributed by atoms with Gasteiger partial charge in [-0.25, -0.2) is 0 Å². The Morgan fingerprint density at radius 3 is 2.33 bits per heavy atom. The Morgan fingerprint density at radius 2 is 1.70 bits per heavy atom. The zero-order chi connectivity index (χ0) is 19.2. The van der Waals surface area contributed by atoms with Crippen LogP contribution in [-0.2, 0) is 4.79 Å². The molecule has 0 saturated heterocycles. The van der Waals surface area contributed by atoms with E-state index in [0.29, 0.717) is 22.8 Å². The van der Waals surface area contributed by atoms with Crippen LogP contribution in [0, 0.1) is 22.7 Å². The molecule has 0 spiro atoms. The van der Waals surface area contributed by atoms with Crippen molar-refractivity contribution < 1.29 is 9.21 Å². The Kier molecular flexibility index (Phi) is 5.51. The maximum atomic E-state index is 12.3. The quantitative estimate of drug-likeness (QED) is 0.470. The fourth-order valence-electron chi connectivity index (χ4n) is 2.32. The highest BCUT2D eigenvalue weighted by atomic mass is 79.9. The van der Waals surface area contributed by atoms with Gasteiger partial charge in [-0.3, -0.25) is 4.79 Å². The van der Waals surface area contributed by atoms with Crippen molar-refractivity contribution in [3.63, 3.8) is 0 Å². The Bertz CT molecular complexity index is 1080. The van der Waals surface area contributed by atoms with Crippen LogP contribution < -0.4 is 5.32 Å². The van der Waals surface area contributed by atoms with Crippen molar-refractivity contribution in [2.75, 3.05) is 5.32 Å². The maximum absolute atomic E-state index is 12.3. The molecule has 0 aliphatic heterocycles. The molecule has 0 aliphatic carbocycles. The van der Waals surface area contributed by atoms with Crippen molar-refractivity contribution >= 4 is 33.6 Å². The summed E-state index contributed by atoms with van der Waals surface area (Å²) in [5.74, 6) is 0.448. The summed E-state index contributed by atoms with van der Waals surface area (Å²) in [6.07, 6.45) is 1.39. The van der Waals surface area contributed by atoms with Crippen LogP contribution in [0.4, 0.5) is 5.69 Å². The van der Waals surface area contributed by atoms with E-state index >= 15 is 0 Å². The molecule has 5 nitrogen and oxygen atoms in total. The van der Waals surface area contributed by atoms with Gasteiger partial charge in [0.25, 0.3) is 5.91 Å². The predicted molar refractivity (Wildman–Crippen MR) is 105 cm³/mol. The zero-order valence-electron chi connectivity index (χ0n) is 13.9. The highest BCUT2D eigenvalue weighted by Crippen LogP contribution is 2.24. The van der Waals surface area contributed by atoms with Crippen LogP contribution in [-0.4, -0.2) is 5.91 Å². The van der Waals surface area contributed by atoms with Gasteiger partial charge in [0.1, 0.15) is 23.2 Å². The van der Waals surface area contributed by atoms with Crippen molar-refractivity contribution in [3.05, 3.63) is 82.0 Å². The van der Waals surface area contributed by atoms with Crippen LogP contribution in [0.15, 0.2) is 75.1 Å². The van der Waals surface area contributed by atoms with Crippen LogP contribution in [0.5, 0.6) is 0 Å². The second kappa shape index (κ2) is 8.18. The van der Waals surface area contributed by atoms with Gasteiger partial charge >= 0.3 is 0 Å². The number of carbonyl (C=O) groups is 1. The fraction of sp³-hybridized carbons (Fsp3) is 0. The number of rotatable bonds is 4. The Morgan fingerprint density at radius 1 is 1.00 bits per heavy atom. The summed E-state index contributed by atoms with van der Waals surface area (Å²) in [4.78, 5) is 12.3. The van der Waals surface area contributed by atoms with Gasteiger partial charge in [-0.1, -0.05) is 15.9 Å². The topological polar surface area (TPSA) is 89.8 Å². The number of amides is 1. The minimum atomic E-state index is -0.517. The molecule has 0 saturated carbocycles. The molecule has 1 aromatic heterocycles. The summed E-state index contributed by atoms with van der Waals surface area (Å²) in [5, 5.41) is 20.8. The first-order valence-corrected chi connectivity index (χ1v) is 8.67. The first-order valence-electron chi connectivity index (χ1n) is 7.88. The van der Waals surface area contributed by atoms with Gasteiger partial charge in [0.15, 0.2) is 0 Å². The monoisotopic (exact) mass is 417 g/mol. The Hall–Kier alpha value is -3.61. The molecule has 0 unspecified atom stereocenters. The molecule has 0 atom stereocenters. The Labute approximate surface area is 164 Å². The lowest BCUT2D eigenvalue weighted by Gasteiger charge is -2.03. The molecule has 2 aromatic carbocycles. The van der Waals surface area contributed by atoms with Gasteiger partial charge in [-0.2, -0.15) is 10.5 Å². The van der Waals surface area contributed by atoms with Gasteiger partial charge in [0.2, 0.25) is 0 Å². The van der Waals surface area contributed by atoms with Crippen LogP contribution in [0.1, 0.15) is 11.3 Å². The van der Waals surface area contributed by atoms with Crippen molar-refractivity contribution in [2.45, 2.75) is 0 Å². The summed E-state index contributed by atoms with van der Waals surface area (Å²) in [6.45, 7) is 0. The van der Waals surface area contributed by atoms with Crippen molar-refractivity contribution in [2.24, 2.45) is 0 Å². The van der Waals surface area contributed by atoms with E-state index in [9.17, 15) is 10.1 Å². The molecule has 0 radical (unpaired) electrons. The van der Waals surface area contributed by atoms with E-state index in [-0.39, 0.29) is 5.57 Å². The summed E-state index contributed by atoms with van der Waals surface area (Å²) < 4.78 is 6.59. The van der Waals surface area contributed by atoms with E-state index in [1.807, 2.05) is 6.07 Å². The molecule has 130 valence electrons. The van der Waals surface area contributed by atoms with Crippen molar-refractivity contribution in [1.29, 1.82) is 10.5 Å². The van der Waals surface area contributed by atoms with Gasteiger partial charge in [0, 0.05) is 21.8 Å². The minimum absolute atomic E-state index is 0.0707. The highest BCUT2D eigenvalue weighted by molar-refractivity contribution is 9.10. The standard InChI is InChI=1S/C21H12BrN3O2/c22-17-5-7-18(8-6-17)25-21(26)16(13-24)11-19-9-10-20(27-19)15-3-1-14(12-23)2-4-15/h1-11H,(H,25,26)/b16-11-. The molecule has 3 aromatic rings. The number of nitrogens with one attached hydrogen (secondary N) is 1. The molecule has 27 heavy (non-hydrogen) atoms. The third-order valence-corrected chi connectivity index (χ3v) is 4.21. The number of halogens is 1. The van der Waals surface area contributed by atoms with E-state index in [1.54, 1.807) is 60.7 Å². The van der Waals surface area contributed by atoms with Gasteiger partial charge in [0.05, 0.1) is 11.6 Å². The SMILES string of the molecule is N#C/C(=C/c1ccc(-c2ccc(C#N)cc2)o1)C(=O)Nc1ccc(Br)cc1. The lowest BCUT2D eigenvalue weighted by Crippen LogP contribution is -2.13. The van der Waals surface area contributed by atoms with Crippen LogP contribution in [0.25, 0.3) is 17.4 Å². The van der Waals surface area contributed by atoms with Crippen molar-refractivity contribution in [3.8, 4) is 23.5 Å². The lowest BCUT2D eigenvalue weighted by molar-refractivity contribution is -0.112. The first kappa shape index (κ1) is 18.2. The Balaban J connectivity index is 1.78. The van der Waals surface area contributed by atoms with Gasteiger partial charge < -0.3 is 9.73 Å². The molecule has 1 amide bonds. The molecule has 6 heteroatoms. The average Bonchev–Trinajstić information content (AvgIpc) is 3.16. The van der Waals surface area contributed by atoms with E-state index in [4.69, 9.17) is 9.68 Å². The molecular formula is C21H12BrN3O2. The largest absolute Gasteiger partial charge is 0.457 e. The van der Waals surface area contributed by atoms with E-state index in [1.165, 1.54) is 6.08 Å². The number of anilines is 1. The molecule has 1 heterocycles. The number of furan rings is 1. The summed E-state index contributed by atoms with van der Waals surface area (Å²) in [7, 11) is 0. The third kappa shape index (κ3) is 4.52.